The Hall–Kier alpha value is -7.69. The van der Waals surface area contributed by atoms with E-state index in [1.165, 1.54) is 27.1 Å². The van der Waals surface area contributed by atoms with Gasteiger partial charge in [-0.05, 0) is 77.2 Å². The number of aromatic nitrogens is 2. The largest absolute Gasteiger partial charge is 0.435 e. The Morgan fingerprint density at radius 3 is 1.86 bits per heavy atom. The number of hydrogen-bond acceptors (Lipinski definition) is 3. The summed E-state index contributed by atoms with van der Waals surface area (Å²) < 4.78 is 8.90. The molecule has 0 atom stereocenters. The zero-order valence-corrected chi connectivity index (χ0v) is 31.0. The van der Waals surface area contributed by atoms with Crippen molar-refractivity contribution >= 4 is 60.7 Å². The molecule has 0 amide bonds. The van der Waals surface area contributed by atoms with Crippen molar-refractivity contribution in [1.82, 2.24) is 9.55 Å². The van der Waals surface area contributed by atoms with Crippen LogP contribution in [0.4, 0.5) is 17.1 Å². The molecular weight excluding hydrogens is 695 g/mol. The van der Waals surface area contributed by atoms with Gasteiger partial charge in [0, 0.05) is 44.2 Å². The first kappa shape index (κ1) is 32.7. The van der Waals surface area contributed by atoms with Crippen LogP contribution in [0.2, 0.25) is 0 Å². The van der Waals surface area contributed by atoms with E-state index in [1.54, 1.807) is 0 Å². The zero-order chi connectivity index (χ0) is 37.7. The second kappa shape index (κ2) is 13.6. The molecule has 11 aromatic rings. The van der Waals surface area contributed by atoms with Crippen molar-refractivity contribution in [3.8, 4) is 39.4 Å². The fourth-order valence-corrected chi connectivity index (χ4v) is 8.44. The lowest BCUT2D eigenvalue weighted by Crippen LogP contribution is -2.12. The van der Waals surface area contributed by atoms with E-state index in [0.29, 0.717) is 5.89 Å². The molecule has 0 unspecified atom stereocenters. The maximum Gasteiger partial charge on any atom is 0.227 e. The lowest BCUT2D eigenvalue weighted by Gasteiger charge is -2.29. The van der Waals surface area contributed by atoms with Crippen LogP contribution in [0.15, 0.2) is 217 Å². The second-order valence-corrected chi connectivity index (χ2v) is 14.3. The number of fused-ring (bicyclic) bond motifs is 6. The van der Waals surface area contributed by atoms with Gasteiger partial charge < -0.3 is 13.9 Å². The summed E-state index contributed by atoms with van der Waals surface area (Å²) in [6, 6.07) is 75.3. The molecule has 0 aliphatic rings. The first-order valence-corrected chi connectivity index (χ1v) is 19.3. The SMILES string of the molecule is c1ccc(-c2nc3cccc(-c4ccc(N(c5ccccc5-c5ccccc5)c5cc6ccccc6c6c5c5ccccc5n6-c5ccccc5)cc4)c3o2)cc1. The lowest BCUT2D eigenvalue weighted by atomic mass is 9.98. The van der Waals surface area contributed by atoms with Crippen molar-refractivity contribution in [2.24, 2.45) is 0 Å². The summed E-state index contributed by atoms with van der Waals surface area (Å²) in [5.74, 6) is 0.619. The van der Waals surface area contributed by atoms with E-state index < -0.39 is 0 Å². The summed E-state index contributed by atoms with van der Waals surface area (Å²) in [5, 5.41) is 4.77. The number of nitrogens with zero attached hydrogens (tertiary/aromatic N) is 3. The number of para-hydroxylation sites is 4. The van der Waals surface area contributed by atoms with E-state index in [2.05, 4.69) is 185 Å². The fourth-order valence-electron chi connectivity index (χ4n) is 8.44. The summed E-state index contributed by atoms with van der Waals surface area (Å²) in [5.41, 5.74) is 13.7. The Morgan fingerprint density at radius 1 is 0.456 bits per heavy atom. The third-order valence-corrected chi connectivity index (χ3v) is 11.0. The average molecular weight is 730 g/mol. The predicted octanol–water partition coefficient (Wildman–Crippen LogP) is 14.5. The molecule has 11 rings (SSSR count). The molecule has 4 heteroatoms. The molecule has 0 aliphatic carbocycles. The Morgan fingerprint density at radius 2 is 1.07 bits per heavy atom. The van der Waals surface area contributed by atoms with E-state index in [0.717, 1.165) is 67.2 Å². The van der Waals surface area contributed by atoms with Crippen LogP contribution in [0.3, 0.4) is 0 Å². The van der Waals surface area contributed by atoms with Crippen molar-refractivity contribution in [3.63, 3.8) is 0 Å². The standard InChI is InChI=1S/C53H35N3O/c1-4-17-36(18-5-1)42-24-12-14-29-47(42)55(41-33-31-37(32-34-41)44-27-16-28-46-52(44)57-53(54-46)38-19-6-2-7-20-38)49-35-39-21-10-11-25-43(39)51-50(49)45-26-13-15-30-48(45)56(51)40-22-8-3-9-23-40/h1-35H. The molecule has 268 valence electrons. The molecule has 57 heavy (non-hydrogen) atoms. The van der Waals surface area contributed by atoms with Crippen molar-refractivity contribution in [1.29, 1.82) is 0 Å². The monoisotopic (exact) mass is 729 g/mol. The summed E-state index contributed by atoms with van der Waals surface area (Å²) in [6.45, 7) is 0. The number of hydrogen-bond donors (Lipinski definition) is 0. The van der Waals surface area contributed by atoms with Gasteiger partial charge in [0.15, 0.2) is 5.58 Å². The van der Waals surface area contributed by atoms with E-state index in [9.17, 15) is 0 Å². The minimum atomic E-state index is 0.619. The molecular formula is C53H35N3O. The highest BCUT2D eigenvalue weighted by Gasteiger charge is 2.25. The van der Waals surface area contributed by atoms with Gasteiger partial charge in [0.05, 0.1) is 22.4 Å². The Labute approximate surface area is 330 Å². The van der Waals surface area contributed by atoms with Crippen LogP contribution < -0.4 is 4.90 Å². The molecule has 0 aliphatic heterocycles. The smallest absolute Gasteiger partial charge is 0.227 e. The molecule has 0 bridgehead atoms. The van der Waals surface area contributed by atoms with Crippen LogP contribution in [-0.2, 0) is 0 Å². The van der Waals surface area contributed by atoms with Crippen LogP contribution in [0.1, 0.15) is 0 Å². The lowest BCUT2D eigenvalue weighted by molar-refractivity contribution is 0.621. The molecule has 0 fully saturated rings. The van der Waals surface area contributed by atoms with Gasteiger partial charge in [-0.2, -0.15) is 0 Å². The van der Waals surface area contributed by atoms with Crippen molar-refractivity contribution < 1.29 is 4.42 Å². The molecule has 9 aromatic carbocycles. The quantitative estimate of drug-likeness (QED) is 0.164. The molecule has 0 spiro atoms. The summed E-state index contributed by atoms with van der Waals surface area (Å²) >= 11 is 0. The zero-order valence-electron chi connectivity index (χ0n) is 31.0. The summed E-state index contributed by atoms with van der Waals surface area (Å²) in [7, 11) is 0. The van der Waals surface area contributed by atoms with E-state index >= 15 is 0 Å². The highest BCUT2D eigenvalue weighted by molar-refractivity contribution is 6.25. The number of anilines is 3. The first-order chi connectivity index (χ1) is 28.3. The highest BCUT2D eigenvalue weighted by atomic mass is 16.3. The molecule has 2 heterocycles. The van der Waals surface area contributed by atoms with Gasteiger partial charge >= 0.3 is 0 Å². The number of rotatable bonds is 7. The third kappa shape index (κ3) is 5.50. The van der Waals surface area contributed by atoms with Crippen LogP contribution in [0.5, 0.6) is 0 Å². The van der Waals surface area contributed by atoms with Crippen LogP contribution in [0.25, 0.3) is 83.1 Å². The average Bonchev–Trinajstić information content (AvgIpc) is 3.89. The minimum Gasteiger partial charge on any atom is -0.435 e. The van der Waals surface area contributed by atoms with E-state index in [4.69, 9.17) is 9.40 Å². The minimum absolute atomic E-state index is 0.619. The predicted molar refractivity (Wildman–Crippen MR) is 237 cm³/mol. The van der Waals surface area contributed by atoms with Gasteiger partial charge in [-0.1, -0.05) is 152 Å². The van der Waals surface area contributed by atoms with Gasteiger partial charge in [-0.25, -0.2) is 4.98 Å². The van der Waals surface area contributed by atoms with Crippen LogP contribution >= 0.6 is 0 Å². The number of oxazole rings is 1. The van der Waals surface area contributed by atoms with Crippen molar-refractivity contribution in [2.75, 3.05) is 4.90 Å². The maximum absolute atomic E-state index is 6.47. The third-order valence-electron chi connectivity index (χ3n) is 11.0. The maximum atomic E-state index is 6.47. The fraction of sp³-hybridized carbons (Fsp3) is 0. The molecule has 0 N–H and O–H groups in total. The highest BCUT2D eigenvalue weighted by Crippen LogP contribution is 2.49. The van der Waals surface area contributed by atoms with Gasteiger partial charge in [-0.3, -0.25) is 0 Å². The van der Waals surface area contributed by atoms with Crippen LogP contribution in [-0.4, -0.2) is 9.55 Å². The normalized spacial score (nSPS) is 11.5. The molecule has 0 radical (unpaired) electrons. The van der Waals surface area contributed by atoms with Gasteiger partial charge in [0.25, 0.3) is 0 Å². The molecule has 0 saturated carbocycles. The van der Waals surface area contributed by atoms with E-state index in [-0.39, 0.29) is 0 Å². The Kier molecular flexibility index (Phi) is 7.78. The number of benzene rings is 9. The molecule has 2 aromatic heterocycles. The first-order valence-electron chi connectivity index (χ1n) is 19.3. The topological polar surface area (TPSA) is 34.2 Å². The van der Waals surface area contributed by atoms with Crippen molar-refractivity contribution in [2.45, 2.75) is 0 Å². The summed E-state index contributed by atoms with van der Waals surface area (Å²) in [4.78, 5) is 7.31. The Bertz CT molecular complexity index is 3220. The summed E-state index contributed by atoms with van der Waals surface area (Å²) in [6.07, 6.45) is 0. The molecule has 0 saturated heterocycles. The molecule has 4 nitrogen and oxygen atoms in total. The van der Waals surface area contributed by atoms with Gasteiger partial charge in [0.1, 0.15) is 5.52 Å². The van der Waals surface area contributed by atoms with Gasteiger partial charge in [0.2, 0.25) is 5.89 Å². The van der Waals surface area contributed by atoms with Crippen molar-refractivity contribution in [3.05, 3.63) is 212 Å². The van der Waals surface area contributed by atoms with E-state index in [1.807, 2.05) is 36.4 Å². The van der Waals surface area contributed by atoms with Crippen LogP contribution in [0, 0.1) is 0 Å². The Balaban J connectivity index is 1.18. The van der Waals surface area contributed by atoms with Gasteiger partial charge in [-0.15, -0.1) is 0 Å². The second-order valence-electron chi connectivity index (χ2n) is 14.3.